The molecule has 0 spiro atoms. The van der Waals surface area contributed by atoms with Gasteiger partial charge in [0.15, 0.2) is 11.5 Å². The highest BCUT2D eigenvalue weighted by Gasteiger charge is 2.26. The minimum atomic E-state index is 0.104. The third-order valence-electron chi connectivity index (χ3n) is 5.62. The maximum absolute atomic E-state index is 5.95. The van der Waals surface area contributed by atoms with E-state index in [4.69, 9.17) is 13.9 Å². The number of rotatable bonds is 5. The molecule has 0 bridgehead atoms. The van der Waals surface area contributed by atoms with Crippen molar-refractivity contribution in [2.45, 2.75) is 19.5 Å². The van der Waals surface area contributed by atoms with Gasteiger partial charge in [-0.05, 0) is 36.8 Å². The van der Waals surface area contributed by atoms with Crippen LogP contribution in [0.25, 0.3) is 11.5 Å². The Morgan fingerprint density at radius 2 is 1.72 bits per heavy atom. The number of fused-ring (bicyclic) bond motifs is 1. The molecule has 3 aromatic rings. The lowest BCUT2D eigenvalue weighted by Gasteiger charge is -2.36. The van der Waals surface area contributed by atoms with Gasteiger partial charge in [-0.15, -0.1) is 10.2 Å². The summed E-state index contributed by atoms with van der Waals surface area (Å²) in [6.45, 7) is 7.30. The van der Waals surface area contributed by atoms with Crippen molar-refractivity contribution in [2.24, 2.45) is 0 Å². The summed E-state index contributed by atoms with van der Waals surface area (Å²) in [6, 6.07) is 16.2. The van der Waals surface area contributed by atoms with Crippen LogP contribution in [0.3, 0.4) is 0 Å². The predicted octanol–water partition coefficient (Wildman–Crippen LogP) is 3.34. The predicted molar refractivity (Wildman–Crippen MR) is 108 cm³/mol. The zero-order valence-corrected chi connectivity index (χ0v) is 16.5. The average molecular weight is 392 g/mol. The Bertz CT molecular complexity index is 967. The smallest absolute Gasteiger partial charge is 0.247 e. The van der Waals surface area contributed by atoms with Crippen LogP contribution in [0.2, 0.25) is 0 Å². The van der Waals surface area contributed by atoms with Crippen molar-refractivity contribution in [3.8, 4) is 23.0 Å². The fourth-order valence-corrected chi connectivity index (χ4v) is 3.86. The van der Waals surface area contributed by atoms with Crippen molar-refractivity contribution in [2.75, 3.05) is 33.0 Å². The van der Waals surface area contributed by atoms with Crippen molar-refractivity contribution in [1.82, 2.24) is 20.0 Å². The van der Waals surface area contributed by atoms with E-state index in [1.165, 1.54) is 5.56 Å². The van der Waals surface area contributed by atoms with Crippen LogP contribution in [-0.4, -0.2) is 53.0 Å². The molecular weight excluding hydrogens is 368 g/mol. The molecular formula is C22H24N4O3. The Morgan fingerprint density at radius 3 is 2.55 bits per heavy atom. The molecule has 5 rings (SSSR count). The molecule has 1 atom stereocenters. The van der Waals surface area contributed by atoms with Gasteiger partial charge in [0, 0.05) is 38.3 Å². The normalized spacial score (nSPS) is 18.1. The maximum Gasteiger partial charge on any atom is 0.247 e. The number of benzene rings is 2. The highest BCUT2D eigenvalue weighted by Crippen LogP contribution is 2.33. The van der Waals surface area contributed by atoms with Gasteiger partial charge in [0.05, 0.1) is 6.04 Å². The summed E-state index contributed by atoms with van der Waals surface area (Å²) < 4.78 is 16.8. The van der Waals surface area contributed by atoms with Gasteiger partial charge in [-0.2, -0.15) is 0 Å². The number of nitrogens with zero attached hydrogens (tertiary/aromatic N) is 4. The average Bonchev–Trinajstić information content (AvgIpc) is 3.44. The molecule has 0 amide bonds. The first-order chi connectivity index (χ1) is 14.3. The second-order valence-electron chi connectivity index (χ2n) is 7.49. The highest BCUT2D eigenvalue weighted by molar-refractivity contribution is 5.51. The van der Waals surface area contributed by atoms with E-state index >= 15 is 0 Å². The van der Waals surface area contributed by atoms with Crippen molar-refractivity contribution in [1.29, 1.82) is 0 Å². The Morgan fingerprint density at radius 1 is 0.931 bits per heavy atom. The zero-order valence-electron chi connectivity index (χ0n) is 16.5. The van der Waals surface area contributed by atoms with Gasteiger partial charge in [0.25, 0.3) is 0 Å². The molecule has 1 saturated heterocycles. The third-order valence-corrected chi connectivity index (χ3v) is 5.62. The minimum absolute atomic E-state index is 0.104. The van der Waals surface area contributed by atoms with Crippen LogP contribution in [0, 0.1) is 0 Å². The second kappa shape index (κ2) is 7.85. The SMILES string of the molecule is C[C@@H](c1nnc(-c2ccccc2)o1)N1CCN(Cc2ccc3c(c2)OCO3)CC1. The summed E-state index contributed by atoms with van der Waals surface area (Å²) in [5.41, 5.74) is 2.20. The Labute approximate surface area is 169 Å². The van der Waals surface area contributed by atoms with Crippen LogP contribution in [0.15, 0.2) is 52.9 Å². The van der Waals surface area contributed by atoms with Crippen molar-refractivity contribution >= 4 is 0 Å². The van der Waals surface area contributed by atoms with Gasteiger partial charge in [-0.3, -0.25) is 9.80 Å². The summed E-state index contributed by atoms with van der Waals surface area (Å²) in [6.07, 6.45) is 0. The molecule has 150 valence electrons. The summed E-state index contributed by atoms with van der Waals surface area (Å²) in [5.74, 6) is 2.93. The van der Waals surface area contributed by atoms with Gasteiger partial charge in [0.1, 0.15) is 0 Å². The molecule has 0 saturated carbocycles. The minimum Gasteiger partial charge on any atom is -0.454 e. The van der Waals surface area contributed by atoms with E-state index < -0.39 is 0 Å². The molecule has 7 heteroatoms. The Kier molecular flexibility index (Phi) is 4.91. The van der Waals surface area contributed by atoms with E-state index in [2.05, 4.69) is 39.1 Å². The molecule has 1 fully saturated rings. The van der Waals surface area contributed by atoms with Gasteiger partial charge in [-0.1, -0.05) is 24.3 Å². The van der Waals surface area contributed by atoms with E-state index in [0.29, 0.717) is 18.6 Å². The van der Waals surface area contributed by atoms with E-state index in [9.17, 15) is 0 Å². The lowest BCUT2D eigenvalue weighted by atomic mass is 10.1. The van der Waals surface area contributed by atoms with Gasteiger partial charge in [-0.25, -0.2) is 0 Å². The lowest BCUT2D eigenvalue weighted by molar-refractivity contribution is 0.0875. The third kappa shape index (κ3) is 3.83. The quantitative estimate of drug-likeness (QED) is 0.660. The van der Waals surface area contributed by atoms with Crippen LogP contribution in [0.1, 0.15) is 24.4 Å². The van der Waals surface area contributed by atoms with Crippen LogP contribution in [-0.2, 0) is 6.54 Å². The fraction of sp³-hybridized carbons (Fsp3) is 0.364. The van der Waals surface area contributed by atoms with Crippen LogP contribution in [0.5, 0.6) is 11.5 Å². The number of aromatic nitrogens is 2. The first-order valence-corrected chi connectivity index (χ1v) is 10.00. The number of ether oxygens (including phenoxy) is 2. The Balaban J connectivity index is 1.18. The van der Waals surface area contributed by atoms with E-state index in [-0.39, 0.29) is 6.04 Å². The lowest BCUT2D eigenvalue weighted by Crippen LogP contribution is -2.46. The van der Waals surface area contributed by atoms with Crippen LogP contribution >= 0.6 is 0 Å². The first kappa shape index (κ1) is 18.1. The molecule has 29 heavy (non-hydrogen) atoms. The van der Waals surface area contributed by atoms with E-state index in [0.717, 1.165) is 49.8 Å². The van der Waals surface area contributed by atoms with Crippen LogP contribution in [0.4, 0.5) is 0 Å². The molecule has 0 radical (unpaired) electrons. The summed E-state index contributed by atoms with van der Waals surface area (Å²) in [7, 11) is 0. The summed E-state index contributed by atoms with van der Waals surface area (Å²) in [5, 5.41) is 8.52. The molecule has 0 aliphatic carbocycles. The Hall–Kier alpha value is -2.90. The van der Waals surface area contributed by atoms with Crippen molar-refractivity contribution in [3.63, 3.8) is 0 Å². The second-order valence-corrected chi connectivity index (χ2v) is 7.49. The topological polar surface area (TPSA) is 63.9 Å². The molecule has 2 aliphatic heterocycles. The van der Waals surface area contributed by atoms with Gasteiger partial charge < -0.3 is 13.9 Å². The van der Waals surface area contributed by atoms with E-state index in [1.54, 1.807) is 0 Å². The standard InChI is InChI=1S/C22H24N4O3/c1-16(21-23-24-22(29-21)18-5-3-2-4-6-18)26-11-9-25(10-12-26)14-17-7-8-19-20(13-17)28-15-27-19/h2-8,13,16H,9-12,14-15H2,1H3/t16-/m0/s1. The maximum atomic E-state index is 5.95. The first-order valence-electron chi connectivity index (χ1n) is 10.00. The fourth-order valence-electron chi connectivity index (χ4n) is 3.86. The van der Waals surface area contributed by atoms with E-state index in [1.807, 2.05) is 36.4 Å². The molecule has 1 aromatic heterocycles. The molecule has 7 nitrogen and oxygen atoms in total. The summed E-state index contributed by atoms with van der Waals surface area (Å²) >= 11 is 0. The van der Waals surface area contributed by atoms with Crippen molar-refractivity contribution in [3.05, 3.63) is 60.0 Å². The molecule has 0 unspecified atom stereocenters. The number of hydrogen-bond acceptors (Lipinski definition) is 7. The van der Waals surface area contributed by atoms with Crippen molar-refractivity contribution < 1.29 is 13.9 Å². The number of hydrogen-bond donors (Lipinski definition) is 0. The van der Waals surface area contributed by atoms with Gasteiger partial charge in [0.2, 0.25) is 18.6 Å². The summed E-state index contributed by atoms with van der Waals surface area (Å²) in [4.78, 5) is 4.86. The van der Waals surface area contributed by atoms with Crippen LogP contribution < -0.4 is 9.47 Å². The molecule has 0 N–H and O–H groups in total. The largest absolute Gasteiger partial charge is 0.454 e. The molecule has 3 heterocycles. The highest BCUT2D eigenvalue weighted by atomic mass is 16.7. The van der Waals surface area contributed by atoms with Gasteiger partial charge >= 0.3 is 0 Å². The number of piperazine rings is 1. The zero-order chi connectivity index (χ0) is 19.6. The molecule has 2 aliphatic rings. The monoisotopic (exact) mass is 392 g/mol. The molecule has 2 aromatic carbocycles.